The standard InChI is InChI=1S/C23H28FN5O4/c24-17-6-4-16(5-7-17)15-28-10-2-11-29-20(23(28)32)13-19(27-29)22(31)25-9-8-21(30)26-14-18-3-1-12-33-18/h4-7,13,18H,1-3,8-12,14-15H2,(H,25,31)(H,26,30). The van der Waals surface area contributed by atoms with Crippen molar-refractivity contribution in [2.75, 3.05) is 26.2 Å². The summed E-state index contributed by atoms with van der Waals surface area (Å²) in [6.45, 7) is 2.80. The van der Waals surface area contributed by atoms with Gasteiger partial charge in [0.25, 0.3) is 11.8 Å². The topological polar surface area (TPSA) is 106 Å². The molecule has 0 bridgehead atoms. The maximum Gasteiger partial charge on any atom is 0.272 e. The lowest BCUT2D eigenvalue weighted by Crippen LogP contribution is -2.34. The first kappa shape index (κ1) is 22.9. The summed E-state index contributed by atoms with van der Waals surface area (Å²) in [6, 6.07) is 7.53. The van der Waals surface area contributed by atoms with Gasteiger partial charge in [-0.3, -0.25) is 19.1 Å². The number of hydrogen-bond acceptors (Lipinski definition) is 5. The van der Waals surface area contributed by atoms with Crippen molar-refractivity contribution in [1.29, 1.82) is 0 Å². The van der Waals surface area contributed by atoms with E-state index in [0.717, 1.165) is 25.0 Å². The maximum atomic E-state index is 13.2. The molecule has 0 radical (unpaired) electrons. The van der Waals surface area contributed by atoms with Crippen molar-refractivity contribution >= 4 is 17.7 Å². The van der Waals surface area contributed by atoms with Crippen LogP contribution in [0.25, 0.3) is 0 Å². The summed E-state index contributed by atoms with van der Waals surface area (Å²) in [4.78, 5) is 39.2. The van der Waals surface area contributed by atoms with Gasteiger partial charge in [0.1, 0.15) is 11.5 Å². The predicted octanol–water partition coefficient (Wildman–Crippen LogP) is 1.48. The second-order valence-corrected chi connectivity index (χ2v) is 8.29. The molecule has 2 aromatic rings. The van der Waals surface area contributed by atoms with Gasteiger partial charge in [-0.1, -0.05) is 12.1 Å². The van der Waals surface area contributed by atoms with Crippen LogP contribution >= 0.6 is 0 Å². The Bertz CT molecular complexity index is 1000. The van der Waals surface area contributed by atoms with Gasteiger partial charge in [-0.2, -0.15) is 5.10 Å². The highest BCUT2D eigenvalue weighted by atomic mass is 19.1. The molecule has 33 heavy (non-hydrogen) atoms. The molecule has 176 valence electrons. The van der Waals surface area contributed by atoms with Crippen LogP contribution in [-0.2, 0) is 22.6 Å². The van der Waals surface area contributed by atoms with E-state index >= 15 is 0 Å². The van der Waals surface area contributed by atoms with E-state index in [1.165, 1.54) is 18.2 Å². The average molecular weight is 458 g/mol. The fraction of sp³-hybridized carbons (Fsp3) is 0.478. The number of fused-ring (bicyclic) bond motifs is 1. The molecule has 1 atom stereocenters. The van der Waals surface area contributed by atoms with Gasteiger partial charge < -0.3 is 20.3 Å². The molecule has 1 aromatic heterocycles. The molecule has 0 saturated carbocycles. The van der Waals surface area contributed by atoms with Gasteiger partial charge >= 0.3 is 0 Å². The Hall–Kier alpha value is -3.27. The molecule has 9 nitrogen and oxygen atoms in total. The number of aromatic nitrogens is 2. The first-order valence-corrected chi connectivity index (χ1v) is 11.3. The Balaban J connectivity index is 1.29. The summed E-state index contributed by atoms with van der Waals surface area (Å²) >= 11 is 0. The van der Waals surface area contributed by atoms with E-state index in [0.29, 0.717) is 38.3 Å². The summed E-state index contributed by atoms with van der Waals surface area (Å²) in [5.41, 5.74) is 1.31. The molecule has 4 rings (SSSR count). The summed E-state index contributed by atoms with van der Waals surface area (Å²) in [6.07, 6.45) is 2.87. The molecule has 0 aliphatic carbocycles. The normalized spacial score (nSPS) is 18.0. The lowest BCUT2D eigenvalue weighted by atomic mass is 10.2. The SMILES string of the molecule is O=C(CCNC(=O)c1cc2n(n1)CCCN(Cc1ccc(F)cc1)C2=O)NCC1CCCO1. The highest BCUT2D eigenvalue weighted by molar-refractivity contribution is 5.98. The van der Waals surface area contributed by atoms with Crippen LogP contribution in [0.1, 0.15) is 52.2 Å². The lowest BCUT2D eigenvalue weighted by molar-refractivity contribution is -0.121. The summed E-state index contributed by atoms with van der Waals surface area (Å²) in [7, 11) is 0. The summed E-state index contributed by atoms with van der Waals surface area (Å²) < 4.78 is 20.2. The number of amides is 3. The van der Waals surface area contributed by atoms with Crippen molar-refractivity contribution < 1.29 is 23.5 Å². The molecule has 3 amide bonds. The van der Waals surface area contributed by atoms with E-state index in [2.05, 4.69) is 15.7 Å². The van der Waals surface area contributed by atoms with Crippen LogP contribution in [0.4, 0.5) is 4.39 Å². The fourth-order valence-electron chi connectivity index (χ4n) is 4.01. The van der Waals surface area contributed by atoms with E-state index in [9.17, 15) is 18.8 Å². The van der Waals surface area contributed by atoms with Crippen molar-refractivity contribution in [3.63, 3.8) is 0 Å². The number of benzene rings is 1. The number of rotatable bonds is 8. The molecule has 1 aromatic carbocycles. The van der Waals surface area contributed by atoms with Gasteiger partial charge in [-0.05, 0) is 37.0 Å². The molecule has 2 N–H and O–H groups in total. The van der Waals surface area contributed by atoms with Crippen molar-refractivity contribution in [3.8, 4) is 0 Å². The largest absolute Gasteiger partial charge is 0.376 e. The first-order valence-electron chi connectivity index (χ1n) is 11.3. The van der Waals surface area contributed by atoms with Crippen molar-refractivity contribution in [2.24, 2.45) is 0 Å². The maximum absolute atomic E-state index is 13.2. The van der Waals surface area contributed by atoms with Gasteiger partial charge in [0, 0.05) is 51.8 Å². The van der Waals surface area contributed by atoms with Crippen LogP contribution in [0, 0.1) is 5.82 Å². The van der Waals surface area contributed by atoms with Gasteiger partial charge in [0.15, 0.2) is 5.69 Å². The number of ether oxygens (including phenoxy) is 1. The van der Waals surface area contributed by atoms with Crippen molar-refractivity contribution in [1.82, 2.24) is 25.3 Å². The third-order valence-electron chi connectivity index (χ3n) is 5.79. The van der Waals surface area contributed by atoms with Crippen LogP contribution in [-0.4, -0.2) is 64.7 Å². The second kappa shape index (κ2) is 10.6. The van der Waals surface area contributed by atoms with Gasteiger partial charge in [-0.15, -0.1) is 0 Å². The Labute approximate surface area is 191 Å². The molecular formula is C23H28FN5O4. The Morgan fingerprint density at radius 1 is 1.15 bits per heavy atom. The van der Waals surface area contributed by atoms with E-state index in [4.69, 9.17) is 4.74 Å². The minimum Gasteiger partial charge on any atom is -0.376 e. The van der Waals surface area contributed by atoms with E-state index in [-0.39, 0.29) is 42.4 Å². The molecule has 1 saturated heterocycles. The third kappa shape index (κ3) is 5.95. The molecule has 3 heterocycles. The second-order valence-electron chi connectivity index (χ2n) is 8.29. The van der Waals surface area contributed by atoms with Crippen LogP contribution in [0.2, 0.25) is 0 Å². The molecular weight excluding hydrogens is 429 g/mol. The Kier molecular flexibility index (Phi) is 7.33. The summed E-state index contributed by atoms with van der Waals surface area (Å²) in [5.74, 6) is -1.13. The quantitative estimate of drug-likeness (QED) is 0.625. The van der Waals surface area contributed by atoms with E-state index < -0.39 is 5.91 Å². The molecule has 2 aliphatic rings. The Morgan fingerprint density at radius 2 is 1.97 bits per heavy atom. The number of hydrogen-bond donors (Lipinski definition) is 2. The van der Waals surface area contributed by atoms with Crippen LogP contribution in [0.5, 0.6) is 0 Å². The zero-order valence-corrected chi connectivity index (χ0v) is 18.4. The minimum atomic E-state index is -0.430. The van der Waals surface area contributed by atoms with E-state index in [1.54, 1.807) is 21.7 Å². The monoisotopic (exact) mass is 457 g/mol. The van der Waals surface area contributed by atoms with Gasteiger partial charge in [0.05, 0.1) is 6.10 Å². The minimum absolute atomic E-state index is 0.0737. The molecule has 10 heteroatoms. The average Bonchev–Trinajstić information content (AvgIpc) is 3.45. The molecule has 0 spiro atoms. The molecule has 1 fully saturated rings. The smallest absolute Gasteiger partial charge is 0.272 e. The number of nitrogens with zero attached hydrogens (tertiary/aromatic N) is 3. The number of aryl methyl sites for hydroxylation is 1. The lowest BCUT2D eigenvalue weighted by Gasteiger charge is -2.20. The van der Waals surface area contributed by atoms with Crippen LogP contribution in [0.15, 0.2) is 30.3 Å². The van der Waals surface area contributed by atoms with Gasteiger partial charge in [0.2, 0.25) is 5.91 Å². The zero-order chi connectivity index (χ0) is 23.2. The van der Waals surface area contributed by atoms with Crippen molar-refractivity contribution in [2.45, 2.75) is 44.9 Å². The Morgan fingerprint density at radius 3 is 2.73 bits per heavy atom. The number of nitrogens with one attached hydrogen (secondary N) is 2. The van der Waals surface area contributed by atoms with E-state index in [1.807, 2.05) is 0 Å². The highest BCUT2D eigenvalue weighted by Crippen LogP contribution is 2.17. The van der Waals surface area contributed by atoms with Crippen LogP contribution < -0.4 is 10.6 Å². The molecule has 2 aliphatic heterocycles. The van der Waals surface area contributed by atoms with Crippen LogP contribution in [0.3, 0.4) is 0 Å². The first-order chi connectivity index (χ1) is 16.0. The predicted molar refractivity (Wildman–Crippen MR) is 117 cm³/mol. The number of halogens is 1. The third-order valence-corrected chi connectivity index (χ3v) is 5.79. The highest BCUT2D eigenvalue weighted by Gasteiger charge is 2.26. The molecule has 1 unspecified atom stereocenters. The number of carbonyl (C=O) groups excluding carboxylic acids is 3. The number of carbonyl (C=O) groups is 3. The van der Waals surface area contributed by atoms with Gasteiger partial charge in [-0.25, -0.2) is 4.39 Å². The summed E-state index contributed by atoms with van der Waals surface area (Å²) in [5, 5.41) is 9.79. The zero-order valence-electron chi connectivity index (χ0n) is 18.4. The van der Waals surface area contributed by atoms with Crippen molar-refractivity contribution in [3.05, 3.63) is 53.1 Å². The fourth-order valence-corrected chi connectivity index (χ4v) is 4.01.